The van der Waals surface area contributed by atoms with Crippen LogP contribution in [-0.4, -0.2) is 47.3 Å². The fourth-order valence-corrected chi connectivity index (χ4v) is 2.82. The van der Waals surface area contributed by atoms with E-state index in [1.54, 1.807) is 0 Å². The topological polar surface area (TPSA) is 58.7 Å². The van der Waals surface area contributed by atoms with E-state index in [2.05, 4.69) is 11.8 Å². The summed E-state index contributed by atoms with van der Waals surface area (Å²) in [6.07, 6.45) is 0.725. The molecule has 20 heavy (non-hydrogen) atoms. The van der Waals surface area contributed by atoms with Crippen LogP contribution < -0.4 is 5.73 Å². The van der Waals surface area contributed by atoms with Crippen molar-refractivity contribution < 1.29 is 9.84 Å². The van der Waals surface area contributed by atoms with Crippen LogP contribution in [0.15, 0.2) is 24.3 Å². The highest BCUT2D eigenvalue weighted by molar-refractivity contribution is 7.80. The summed E-state index contributed by atoms with van der Waals surface area (Å²) in [5.74, 6) is 0. The van der Waals surface area contributed by atoms with E-state index in [0.717, 1.165) is 24.2 Å². The van der Waals surface area contributed by atoms with Gasteiger partial charge in [0, 0.05) is 24.8 Å². The van der Waals surface area contributed by atoms with Crippen LogP contribution in [0.3, 0.4) is 0 Å². The molecule has 0 radical (unpaired) electrons. The largest absolute Gasteiger partial charge is 0.389 e. The summed E-state index contributed by atoms with van der Waals surface area (Å²) < 4.78 is 5.56. The Hall–Kier alpha value is -1.01. The minimum atomic E-state index is -0.520. The predicted octanol–water partition coefficient (Wildman–Crippen LogP) is 1.46. The summed E-state index contributed by atoms with van der Waals surface area (Å²) in [6.45, 7) is 3.47. The van der Waals surface area contributed by atoms with Crippen LogP contribution in [0.2, 0.25) is 0 Å². The molecule has 5 heteroatoms. The zero-order chi connectivity index (χ0) is 14.7. The van der Waals surface area contributed by atoms with Crippen LogP contribution in [0.4, 0.5) is 0 Å². The fraction of sp³-hybridized carbons (Fsp3) is 0.533. The van der Waals surface area contributed by atoms with Gasteiger partial charge in [-0.1, -0.05) is 36.5 Å². The molecule has 0 aliphatic carbocycles. The van der Waals surface area contributed by atoms with Gasteiger partial charge in [-0.05, 0) is 26.0 Å². The maximum absolute atomic E-state index is 10.3. The molecule has 4 nitrogen and oxygen atoms in total. The van der Waals surface area contributed by atoms with Crippen LogP contribution >= 0.6 is 12.2 Å². The first-order valence-corrected chi connectivity index (χ1v) is 7.29. The predicted molar refractivity (Wildman–Crippen MR) is 83.7 cm³/mol. The Morgan fingerprint density at radius 3 is 2.65 bits per heavy atom. The van der Waals surface area contributed by atoms with Crippen molar-refractivity contribution in [2.75, 3.05) is 20.2 Å². The third kappa shape index (κ3) is 3.55. The minimum Gasteiger partial charge on any atom is -0.389 e. The lowest BCUT2D eigenvalue weighted by Gasteiger charge is -2.28. The van der Waals surface area contributed by atoms with Gasteiger partial charge in [-0.3, -0.25) is 4.90 Å². The molecule has 110 valence electrons. The Morgan fingerprint density at radius 1 is 1.50 bits per heavy atom. The monoisotopic (exact) mass is 294 g/mol. The fourth-order valence-electron chi connectivity index (χ4n) is 2.68. The first-order chi connectivity index (χ1) is 9.49. The molecular weight excluding hydrogens is 272 g/mol. The van der Waals surface area contributed by atoms with Gasteiger partial charge in [0.15, 0.2) is 0 Å². The Balaban J connectivity index is 1.97. The van der Waals surface area contributed by atoms with Crippen molar-refractivity contribution in [1.82, 2.24) is 4.90 Å². The summed E-state index contributed by atoms with van der Waals surface area (Å²) in [6, 6.07) is 7.83. The molecule has 1 aromatic rings. The maximum atomic E-state index is 10.3. The average Bonchev–Trinajstić information content (AvgIpc) is 2.85. The van der Waals surface area contributed by atoms with Crippen molar-refractivity contribution in [1.29, 1.82) is 0 Å². The van der Waals surface area contributed by atoms with Crippen molar-refractivity contribution in [2.45, 2.75) is 31.6 Å². The van der Waals surface area contributed by atoms with Crippen LogP contribution in [0.1, 0.15) is 30.6 Å². The van der Waals surface area contributed by atoms with Crippen molar-refractivity contribution in [3.05, 3.63) is 35.4 Å². The quantitative estimate of drug-likeness (QED) is 0.805. The highest BCUT2D eigenvalue weighted by atomic mass is 32.1. The number of thiocarbonyl (C=S) groups is 1. The van der Waals surface area contributed by atoms with E-state index in [4.69, 9.17) is 22.7 Å². The average molecular weight is 294 g/mol. The van der Waals surface area contributed by atoms with Crippen molar-refractivity contribution in [3.8, 4) is 0 Å². The van der Waals surface area contributed by atoms with E-state index in [9.17, 15) is 5.11 Å². The zero-order valence-electron chi connectivity index (χ0n) is 12.0. The summed E-state index contributed by atoms with van der Waals surface area (Å²) in [7, 11) is 2.03. The van der Waals surface area contributed by atoms with Gasteiger partial charge in [-0.2, -0.15) is 0 Å². The molecule has 1 saturated heterocycles. The van der Waals surface area contributed by atoms with Crippen LogP contribution in [0, 0.1) is 0 Å². The summed E-state index contributed by atoms with van der Waals surface area (Å²) in [5, 5.41) is 10.3. The second-order valence-electron chi connectivity index (χ2n) is 5.37. The lowest BCUT2D eigenvalue weighted by atomic mass is 10.0. The Labute approximate surface area is 125 Å². The third-order valence-corrected chi connectivity index (χ3v) is 4.18. The van der Waals surface area contributed by atoms with Gasteiger partial charge in [0.25, 0.3) is 0 Å². The lowest BCUT2D eigenvalue weighted by molar-refractivity contribution is 0.0579. The van der Waals surface area contributed by atoms with Crippen LogP contribution in [0.5, 0.6) is 0 Å². The van der Waals surface area contributed by atoms with Gasteiger partial charge in [-0.25, -0.2) is 0 Å². The zero-order valence-corrected chi connectivity index (χ0v) is 12.8. The number of aliphatic hydroxyl groups excluding tert-OH is 1. The smallest absolute Gasteiger partial charge is 0.103 e. The van der Waals surface area contributed by atoms with Gasteiger partial charge in [0.1, 0.15) is 4.99 Å². The number of ether oxygens (including phenoxy) is 1. The highest BCUT2D eigenvalue weighted by Gasteiger charge is 2.28. The lowest BCUT2D eigenvalue weighted by Crippen LogP contribution is -2.39. The second kappa shape index (κ2) is 6.63. The molecule has 0 saturated carbocycles. The SMILES string of the molecule is CC1OCCC1N(C)CC(O)c1ccc(C(N)=S)cc1. The van der Waals surface area contributed by atoms with Gasteiger partial charge in [0.2, 0.25) is 0 Å². The first-order valence-electron chi connectivity index (χ1n) is 6.88. The van der Waals surface area contributed by atoms with Crippen molar-refractivity contribution in [3.63, 3.8) is 0 Å². The third-order valence-electron chi connectivity index (χ3n) is 3.94. The molecule has 0 aromatic heterocycles. The molecule has 1 aliphatic rings. The molecule has 3 unspecified atom stereocenters. The van der Waals surface area contributed by atoms with Gasteiger partial charge < -0.3 is 15.6 Å². The molecule has 0 amide bonds. The summed E-state index contributed by atoms with van der Waals surface area (Å²) >= 11 is 4.92. The van der Waals surface area contributed by atoms with E-state index in [0.29, 0.717) is 17.6 Å². The Bertz CT molecular complexity index is 463. The van der Waals surface area contributed by atoms with E-state index < -0.39 is 6.10 Å². The highest BCUT2D eigenvalue weighted by Crippen LogP contribution is 2.21. The van der Waals surface area contributed by atoms with E-state index in [1.165, 1.54) is 0 Å². The number of aliphatic hydroxyl groups is 1. The van der Waals surface area contributed by atoms with Gasteiger partial charge >= 0.3 is 0 Å². The number of hydrogen-bond donors (Lipinski definition) is 2. The van der Waals surface area contributed by atoms with E-state index in [-0.39, 0.29) is 6.10 Å². The second-order valence-corrected chi connectivity index (χ2v) is 5.81. The van der Waals surface area contributed by atoms with Crippen LogP contribution in [-0.2, 0) is 4.74 Å². The number of benzene rings is 1. The molecule has 1 aliphatic heterocycles. The molecule has 2 rings (SSSR count). The molecular formula is C15H22N2O2S. The summed E-state index contributed by atoms with van der Waals surface area (Å²) in [5.41, 5.74) is 7.27. The Kier molecular flexibility index (Phi) is 5.10. The van der Waals surface area contributed by atoms with Crippen LogP contribution in [0.25, 0.3) is 0 Å². The molecule has 1 heterocycles. The molecule has 1 aromatic carbocycles. The van der Waals surface area contributed by atoms with Gasteiger partial charge in [-0.15, -0.1) is 0 Å². The Morgan fingerprint density at radius 2 is 2.15 bits per heavy atom. The summed E-state index contributed by atoms with van der Waals surface area (Å²) in [4.78, 5) is 2.55. The normalized spacial score (nSPS) is 24.0. The number of likely N-dealkylation sites (N-methyl/N-ethyl adjacent to an activating group) is 1. The first kappa shape index (κ1) is 15.4. The molecule has 3 N–H and O–H groups in total. The minimum absolute atomic E-state index is 0.226. The number of nitrogens with zero attached hydrogens (tertiary/aromatic N) is 1. The number of hydrogen-bond acceptors (Lipinski definition) is 4. The maximum Gasteiger partial charge on any atom is 0.103 e. The standard InChI is InChI=1S/C15H22N2O2S/c1-10-13(7-8-19-10)17(2)9-14(18)11-3-5-12(6-4-11)15(16)20/h3-6,10,13-14,18H,7-9H2,1-2H3,(H2,16,20). The molecule has 1 fully saturated rings. The number of nitrogens with two attached hydrogens (primary N) is 1. The van der Waals surface area contributed by atoms with Gasteiger partial charge in [0.05, 0.1) is 12.2 Å². The van der Waals surface area contributed by atoms with E-state index >= 15 is 0 Å². The number of rotatable bonds is 5. The van der Waals surface area contributed by atoms with Crippen molar-refractivity contribution in [2.24, 2.45) is 5.73 Å². The molecule has 0 bridgehead atoms. The molecule has 3 atom stereocenters. The molecule has 0 spiro atoms. The van der Waals surface area contributed by atoms with Crippen molar-refractivity contribution >= 4 is 17.2 Å². The van der Waals surface area contributed by atoms with E-state index in [1.807, 2.05) is 31.3 Å².